The molecule has 0 aliphatic rings. The summed E-state index contributed by atoms with van der Waals surface area (Å²) in [6.45, 7) is 2.17. The highest BCUT2D eigenvalue weighted by atomic mass is 19.4. The van der Waals surface area contributed by atoms with Gasteiger partial charge in [-0.3, -0.25) is 4.79 Å². The third-order valence-electron chi connectivity index (χ3n) is 4.41. The zero-order valence-electron chi connectivity index (χ0n) is 17.2. The predicted molar refractivity (Wildman–Crippen MR) is 108 cm³/mol. The number of aromatic nitrogens is 2. The maximum atomic E-state index is 13.0. The summed E-state index contributed by atoms with van der Waals surface area (Å²) in [7, 11) is 0. The van der Waals surface area contributed by atoms with Gasteiger partial charge in [0.1, 0.15) is 11.6 Å². The summed E-state index contributed by atoms with van der Waals surface area (Å²) in [4.78, 5) is 16.5. The number of carbonyl (C=O) groups excluding carboxylic acids is 1. The van der Waals surface area contributed by atoms with Gasteiger partial charge in [0, 0.05) is 18.4 Å². The zero-order chi connectivity index (χ0) is 23.1. The van der Waals surface area contributed by atoms with Gasteiger partial charge in [0.05, 0.1) is 17.9 Å². The van der Waals surface area contributed by atoms with Crippen LogP contribution in [0.1, 0.15) is 37.6 Å². The fourth-order valence-electron chi connectivity index (χ4n) is 2.83. The van der Waals surface area contributed by atoms with E-state index in [1.54, 1.807) is 0 Å². The van der Waals surface area contributed by atoms with Crippen LogP contribution in [0.5, 0.6) is 5.75 Å². The summed E-state index contributed by atoms with van der Waals surface area (Å²) in [5.41, 5.74) is -0.325. The molecule has 1 N–H and O–H groups in total. The first kappa shape index (κ1) is 23.2. The second kappa shape index (κ2) is 10.3. The number of anilines is 1. The van der Waals surface area contributed by atoms with Crippen molar-refractivity contribution >= 4 is 11.6 Å². The summed E-state index contributed by atoms with van der Waals surface area (Å²) in [6.07, 6.45) is -3.22. The van der Waals surface area contributed by atoms with Crippen molar-refractivity contribution in [2.24, 2.45) is 0 Å². The molecule has 170 valence electrons. The lowest BCUT2D eigenvalue weighted by molar-refractivity contribution is -0.137. The van der Waals surface area contributed by atoms with Gasteiger partial charge >= 0.3 is 6.18 Å². The monoisotopic (exact) mass is 451 g/mol. The number of benzene rings is 2. The number of carbonyl (C=O) groups is 1. The minimum Gasteiger partial charge on any atom is -0.491 e. The number of aryl methyl sites for hydroxylation is 1. The SMILES string of the molecule is CCCOc1ccc(C(F)(F)F)cc1NC(=O)CCCc1nc(-c2ccc(F)cc2)no1. The van der Waals surface area contributed by atoms with Crippen LogP contribution in [0.3, 0.4) is 0 Å². The van der Waals surface area contributed by atoms with E-state index in [0.29, 0.717) is 43.1 Å². The number of halogens is 4. The molecule has 3 rings (SSSR count). The maximum absolute atomic E-state index is 13.0. The van der Waals surface area contributed by atoms with E-state index in [1.807, 2.05) is 6.92 Å². The quantitative estimate of drug-likeness (QED) is 0.426. The van der Waals surface area contributed by atoms with Gasteiger partial charge < -0.3 is 14.6 Å². The van der Waals surface area contributed by atoms with Crippen LogP contribution in [0, 0.1) is 5.82 Å². The number of hydrogen-bond acceptors (Lipinski definition) is 5. The molecule has 0 aliphatic heterocycles. The van der Waals surface area contributed by atoms with Gasteiger partial charge in [-0.15, -0.1) is 0 Å². The first-order valence-corrected chi connectivity index (χ1v) is 9.98. The average molecular weight is 451 g/mol. The molecular formula is C22H21F4N3O3. The molecule has 0 bridgehead atoms. The van der Waals surface area contributed by atoms with E-state index in [9.17, 15) is 22.4 Å². The van der Waals surface area contributed by atoms with Crippen LogP contribution in [-0.4, -0.2) is 22.7 Å². The van der Waals surface area contributed by atoms with E-state index in [-0.39, 0.29) is 23.7 Å². The van der Waals surface area contributed by atoms with E-state index in [1.165, 1.54) is 30.3 Å². The van der Waals surface area contributed by atoms with Gasteiger partial charge in [0.25, 0.3) is 0 Å². The van der Waals surface area contributed by atoms with E-state index in [4.69, 9.17) is 9.26 Å². The van der Waals surface area contributed by atoms with Crippen LogP contribution in [-0.2, 0) is 17.4 Å². The molecule has 0 saturated carbocycles. The molecule has 2 aromatic carbocycles. The lowest BCUT2D eigenvalue weighted by atomic mass is 10.1. The molecule has 0 saturated heterocycles. The Bertz CT molecular complexity index is 1050. The molecule has 3 aromatic rings. The Balaban J connectivity index is 1.58. The van der Waals surface area contributed by atoms with Crippen LogP contribution in [0.2, 0.25) is 0 Å². The third kappa shape index (κ3) is 6.29. The lowest BCUT2D eigenvalue weighted by Gasteiger charge is -2.15. The second-order valence-corrected chi connectivity index (χ2v) is 6.98. The van der Waals surface area contributed by atoms with Crippen LogP contribution in [0.15, 0.2) is 47.0 Å². The predicted octanol–water partition coefficient (Wildman–Crippen LogP) is 5.64. The largest absolute Gasteiger partial charge is 0.491 e. The van der Waals surface area contributed by atoms with Crippen molar-refractivity contribution in [2.45, 2.75) is 38.8 Å². The molecule has 0 atom stereocenters. The van der Waals surface area contributed by atoms with Gasteiger partial charge in [-0.2, -0.15) is 18.2 Å². The molecule has 0 radical (unpaired) electrons. The smallest absolute Gasteiger partial charge is 0.416 e. The van der Waals surface area contributed by atoms with Gasteiger partial charge in [0.15, 0.2) is 0 Å². The molecule has 1 aromatic heterocycles. The van der Waals surface area contributed by atoms with Gasteiger partial charge in [-0.05, 0) is 55.3 Å². The summed E-state index contributed by atoms with van der Waals surface area (Å²) < 4.78 is 62.7. The van der Waals surface area contributed by atoms with Crippen molar-refractivity contribution in [1.82, 2.24) is 10.1 Å². The van der Waals surface area contributed by atoms with Crippen molar-refractivity contribution in [2.75, 3.05) is 11.9 Å². The van der Waals surface area contributed by atoms with Crippen LogP contribution < -0.4 is 10.1 Å². The number of alkyl halides is 3. The number of nitrogens with one attached hydrogen (secondary N) is 1. The number of amides is 1. The fourth-order valence-corrected chi connectivity index (χ4v) is 2.83. The number of hydrogen-bond donors (Lipinski definition) is 1. The maximum Gasteiger partial charge on any atom is 0.416 e. The van der Waals surface area contributed by atoms with Crippen molar-refractivity contribution in [3.05, 3.63) is 59.7 Å². The number of rotatable bonds is 9. The Morgan fingerprint density at radius 2 is 1.91 bits per heavy atom. The highest BCUT2D eigenvalue weighted by Gasteiger charge is 2.31. The standard InChI is InChI=1S/C22H21F4N3O3/c1-2-12-31-18-11-8-15(22(24,25)26)13-17(18)27-19(30)4-3-5-20-28-21(29-32-20)14-6-9-16(23)10-7-14/h6-11,13H,2-5,12H2,1H3,(H,27,30). The van der Waals surface area contributed by atoms with Crippen molar-refractivity contribution in [3.8, 4) is 17.1 Å². The number of nitrogens with zero attached hydrogens (tertiary/aromatic N) is 2. The van der Waals surface area contributed by atoms with Gasteiger partial charge in [0.2, 0.25) is 17.6 Å². The Labute approximate surface area is 181 Å². The van der Waals surface area contributed by atoms with E-state index in [0.717, 1.165) is 12.1 Å². The van der Waals surface area contributed by atoms with E-state index in [2.05, 4.69) is 15.5 Å². The molecule has 0 aliphatic carbocycles. The van der Waals surface area contributed by atoms with Crippen LogP contribution >= 0.6 is 0 Å². The minimum atomic E-state index is -4.54. The molecule has 10 heteroatoms. The first-order chi connectivity index (χ1) is 15.3. The first-order valence-electron chi connectivity index (χ1n) is 9.98. The fraction of sp³-hybridized carbons (Fsp3) is 0.318. The number of ether oxygens (including phenoxy) is 1. The molecule has 1 amide bonds. The summed E-state index contributed by atoms with van der Waals surface area (Å²) >= 11 is 0. The molecule has 0 fully saturated rings. The van der Waals surface area contributed by atoms with Crippen LogP contribution in [0.4, 0.5) is 23.2 Å². The molecular weight excluding hydrogens is 430 g/mol. The minimum absolute atomic E-state index is 0.0255. The summed E-state index contributed by atoms with van der Waals surface area (Å²) in [5.74, 6) is -0.0835. The molecule has 1 heterocycles. The van der Waals surface area contributed by atoms with Crippen molar-refractivity contribution in [3.63, 3.8) is 0 Å². The topological polar surface area (TPSA) is 77.2 Å². The van der Waals surface area contributed by atoms with Crippen LogP contribution in [0.25, 0.3) is 11.4 Å². The summed E-state index contributed by atoms with van der Waals surface area (Å²) in [6, 6.07) is 8.56. The Morgan fingerprint density at radius 1 is 1.16 bits per heavy atom. The highest BCUT2D eigenvalue weighted by molar-refractivity contribution is 5.92. The zero-order valence-corrected chi connectivity index (χ0v) is 17.2. The van der Waals surface area contributed by atoms with Gasteiger partial charge in [-0.25, -0.2) is 4.39 Å². The van der Waals surface area contributed by atoms with E-state index < -0.39 is 17.6 Å². The highest BCUT2D eigenvalue weighted by Crippen LogP contribution is 2.35. The molecule has 32 heavy (non-hydrogen) atoms. The Hall–Kier alpha value is -3.43. The molecule has 0 unspecified atom stereocenters. The Kier molecular flexibility index (Phi) is 7.45. The Morgan fingerprint density at radius 3 is 2.59 bits per heavy atom. The molecule has 6 nitrogen and oxygen atoms in total. The molecule has 0 spiro atoms. The third-order valence-corrected chi connectivity index (χ3v) is 4.41. The van der Waals surface area contributed by atoms with Crippen molar-refractivity contribution < 1.29 is 31.6 Å². The average Bonchev–Trinajstić information content (AvgIpc) is 3.21. The van der Waals surface area contributed by atoms with Crippen molar-refractivity contribution in [1.29, 1.82) is 0 Å². The summed E-state index contributed by atoms with van der Waals surface area (Å²) in [5, 5.41) is 6.31. The normalized spacial score (nSPS) is 11.4. The second-order valence-electron chi connectivity index (χ2n) is 6.98. The van der Waals surface area contributed by atoms with E-state index >= 15 is 0 Å². The lowest BCUT2D eigenvalue weighted by Crippen LogP contribution is -2.14. The van der Waals surface area contributed by atoms with Gasteiger partial charge in [-0.1, -0.05) is 12.1 Å².